The molecule has 0 aliphatic heterocycles. The number of carbonyl (C=O) groups excluding carboxylic acids is 1. The van der Waals surface area contributed by atoms with Crippen molar-refractivity contribution in [3.05, 3.63) is 26.6 Å². The summed E-state index contributed by atoms with van der Waals surface area (Å²) in [7, 11) is 1.32. The van der Waals surface area contributed by atoms with Gasteiger partial charge in [-0.25, -0.2) is 4.79 Å². The predicted octanol–water partition coefficient (Wildman–Crippen LogP) is 3.70. The molecule has 14 heavy (non-hydrogen) atoms. The summed E-state index contributed by atoms with van der Waals surface area (Å²) in [6.07, 6.45) is -0.491. The maximum atomic E-state index is 11.0. The topological polar surface area (TPSA) is 38.3 Å². The van der Waals surface area contributed by atoms with Crippen molar-refractivity contribution in [2.75, 3.05) is 12.4 Å². The van der Waals surface area contributed by atoms with E-state index in [0.29, 0.717) is 5.69 Å². The second-order valence-electron chi connectivity index (χ2n) is 2.72. The molecule has 76 valence electrons. The van der Waals surface area contributed by atoms with Crippen molar-refractivity contribution in [2.24, 2.45) is 0 Å². The lowest BCUT2D eigenvalue weighted by molar-refractivity contribution is 0.187. The molecule has 0 spiro atoms. The Balaban J connectivity index is 3.02. The van der Waals surface area contributed by atoms with Gasteiger partial charge in [0.1, 0.15) is 0 Å². The molecule has 0 aliphatic rings. The first-order chi connectivity index (χ1) is 6.54. The van der Waals surface area contributed by atoms with Crippen molar-refractivity contribution in [1.29, 1.82) is 0 Å². The number of hydrogen-bond acceptors (Lipinski definition) is 2. The molecular formula is C9H9Br2NO2. The number of ether oxygens (including phenoxy) is 1. The molecule has 3 nitrogen and oxygen atoms in total. The molecule has 0 aliphatic carbocycles. The quantitative estimate of drug-likeness (QED) is 0.856. The van der Waals surface area contributed by atoms with Crippen LogP contribution in [0.3, 0.4) is 0 Å². The fourth-order valence-electron chi connectivity index (χ4n) is 0.972. The van der Waals surface area contributed by atoms with E-state index < -0.39 is 6.09 Å². The summed E-state index contributed by atoms with van der Waals surface area (Å²) in [6, 6.07) is 3.83. The highest BCUT2D eigenvalue weighted by Crippen LogP contribution is 2.32. The van der Waals surface area contributed by atoms with E-state index in [0.717, 1.165) is 14.5 Å². The summed E-state index contributed by atoms with van der Waals surface area (Å²) in [4.78, 5) is 11.0. The van der Waals surface area contributed by atoms with Gasteiger partial charge in [-0.3, -0.25) is 5.32 Å². The molecule has 0 aromatic heterocycles. The number of nitrogens with one attached hydrogen (secondary N) is 1. The molecular weight excluding hydrogens is 314 g/mol. The third-order valence-corrected chi connectivity index (χ3v) is 2.85. The molecule has 1 aromatic carbocycles. The molecule has 1 N–H and O–H groups in total. The molecule has 0 bridgehead atoms. The van der Waals surface area contributed by atoms with E-state index in [9.17, 15) is 4.79 Å². The van der Waals surface area contributed by atoms with E-state index in [4.69, 9.17) is 0 Å². The van der Waals surface area contributed by atoms with Gasteiger partial charge in [0, 0.05) is 8.95 Å². The summed E-state index contributed by atoms with van der Waals surface area (Å²) in [5.74, 6) is 0. The lowest BCUT2D eigenvalue weighted by Crippen LogP contribution is -2.11. The van der Waals surface area contributed by atoms with E-state index >= 15 is 0 Å². The van der Waals surface area contributed by atoms with Crippen molar-refractivity contribution in [3.63, 3.8) is 0 Å². The first-order valence-corrected chi connectivity index (χ1v) is 5.44. The van der Waals surface area contributed by atoms with Gasteiger partial charge in [0.05, 0.1) is 12.8 Å². The number of halogens is 2. The zero-order chi connectivity index (χ0) is 10.7. The van der Waals surface area contributed by atoms with Crippen LogP contribution in [0.1, 0.15) is 5.56 Å². The molecule has 1 rings (SSSR count). The zero-order valence-corrected chi connectivity index (χ0v) is 10.9. The number of methoxy groups -OCH3 is 1. The molecule has 0 unspecified atom stereocenters. The van der Waals surface area contributed by atoms with Gasteiger partial charge in [-0.2, -0.15) is 0 Å². The van der Waals surface area contributed by atoms with Crippen molar-refractivity contribution < 1.29 is 9.53 Å². The Morgan fingerprint density at radius 2 is 1.86 bits per heavy atom. The highest BCUT2D eigenvalue weighted by Gasteiger charge is 2.09. The largest absolute Gasteiger partial charge is 0.453 e. The minimum absolute atomic E-state index is 0.491. The van der Waals surface area contributed by atoms with E-state index in [1.54, 1.807) is 0 Å². The molecule has 5 heteroatoms. The molecule has 1 aromatic rings. The van der Waals surface area contributed by atoms with Gasteiger partial charge in [-0.1, -0.05) is 0 Å². The average molecular weight is 323 g/mol. The summed E-state index contributed by atoms with van der Waals surface area (Å²) in [5, 5.41) is 2.60. The Kier molecular flexibility index (Phi) is 3.95. The monoisotopic (exact) mass is 321 g/mol. The average Bonchev–Trinajstić information content (AvgIpc) is 2.10. The number of hydrogen-bond donors (Lipinski definition) is 1. The predicted molar refractivity (Wildman–Crippen MR) is 62.6 cm³/mol. The van der Waals surface area contributed by atoms with Crippen LogP contribution in [0, 0.1) is 6.92 Å². The Morgan fingerprint density at radius 3 is 2.29 bits per heavy atom. The van der Waals surface area contributed by atoms with Gasteiger partial charge >= 0.3 is 6.09 Å². The lowest BCUT2D eigenvalue weighted by atomic mass is 10.2. The third kappa shape index (κ3) is 2.72. The van der Waals surface area contributed by atoms with Crippen molar-refractivity contribution in [3.8, 4) is 0 Å². The van der Waals surface area contributed by atoms with Crippen LogP contribution in [0.5, 0.6) is 0 Å². The zero-order valence-electron chi connectivity index (χ0n) is 7.73. The number of aryl methyl sites for hydroxylation is 1. The Hall–Kier alpha value is -0.550. The first-order valence-electron chi connectivity index (χ1n) is 3.85. The SMILES string of the molecule is COC(=O)Nc1c(Br)cc(C)cc1Br. The van der Waals surface area contributed by atoms with Crippen LogP contribution in [-0.4, -0.2) is 13.2 Å². The van der Waals surface area contributed by atoms with Gasteiger partial charge < -0.3 is 4.74 Å². The summed E-state index contributed by atoms with van der Waals surface area (Å²) >= 11 is 6.71. The number of benzene rings is 1. The minimum Gasteiger partial charge on any atom is -0.453 e. The van der Waals surface area contributed by atoms with E-state index in [1.165, 1.54) is 7.11 Å². The van der Waals surface area contributed by atoms with Crippen LogP contribution in [0.4, 0.5) is 10.5 Å². The van der Waals surface area contributed by atoms with Crippen LogP contribution >= 0.6 is 31.9 Å². The number of rotatable bonds is 1. The van der Waals surface area contributed by atoms with Crippen LogP contribution in [0.15, 0.2) is 21.1 Å². The van der Waals surface area contributed by atoms with Gasteiger partial charge in [0.2, 0.25) is 0 Å². The normalized spacial score (nSPS) is 9.71. The van der Waals surface area contributed by atoms with Gasteiger partial charge in [0.15, 0.2) is 0 Å². The van der Waals surface area contributed by atoms with Gasteiger partial charge in [0.25, 0.3) is 0 Å². The first kappa shape index (κ1) is 11.5. The Bertz CT molecular complexity index is 343. The van der Waals surface area contributed by atoms with Crippen LogP contribution in [0.2, 0.25) is 0 Å². The Labute approximate surface area is 99.1 Å². The lowest BCUT2D eigenvalue weighted by Gasteiger charge is -2.09. The van der Waals surface area contributed by atoms with Crippen LogP contribution in [0.25, 0.3) is 0 Å². The molecule has 0 radical (unpaired) electrons. The number of amides is 1. The second-order valence-corrected chi connectivity index (χ2v) is 4.43. The molecule has 0 saturated carbocycles. The molecule has 1 amide bonds. The maximum absolute atomic E-state index is 11.0. The van der Waals surface area contributed by atoms with E-state index in [1.807, 2.05) is 19.1 Å². The summed E-state index contributed by atoms with van der Waals surface area (Å²) in [5.41, 5.74) is 1.77. The fourth-order valence-corrected chi connectivity index (χ4v) is 2.59. The summed E-state index contributed by atoms with van der Waals surface area (Å²) < 4.78 is 6.13. The molecule has 0 atom stereocenters. The molecule has 0 fully saturated rings. The van der Waals surface area contributed by atoms with Gasteiger partial charge in [-0.15, -0.1) is 0 Å². The Morgan fingerprint density at radius 1 is 1.36 bits per heavy atom. The van der Waals surface area contributed by atoms with Crippen LogP contribution < -0.4 is 5.32 Å². The van der Waals surface area contributed by atoms with Gasteiger partial charge in [-0.05, 0) is 56.5 Å². The second kappa shape index (κ2) is 4.79. The third-order valence-electron chi connectivity index (χ3n) is 1.60. The standard InChI is InChI=1S/C9H9Br2NO2/c1-5-3-6(10)8(7(11)4-5)12-9(13)14-2/h3-4H,1-2H3,(H,12,13). The highest BCUT2D eigenvalue weighted by atomic mass is 79.9. The fraction of sp³-hybridized carbons (Fsp3) is 0.222. The van der Waals surface area contributed by atoms with Crippen molar-refractivity contribution in [1.82, 2.24) is 0 Å². The molecule has 0 heterocycles. The number of carbonyl (C=O) groups is 1. The highest BCUT2D eigenvalue weighted by molar-refractivity contribution is 9.11. The van der Waals surface area contributed by atoms with E-state index in [2.05, 4.69) is 41.9 Å². The smallest absolute Gasteiger partial charge is 0.411 e. The maximum Gasteiger partial charge on any atom is 0.411 e. The summed E-state index contributed by atoms with van der Waals surface area (Å²) in [6.45, 7) is 1.97. The van der Waals surface area contributed by atoms with Crippen LogP contribution in [-0.2, 0) is 4.74 Å². The number of anilines is 1. The van der Waals surface area contributed by atoms with Crippen molar-refractivity contribution in [2.45, 2.75) is 6.92 Å². The minimum atomic E-state index is -0.491. The molecule has 0 saturated heterocycles. The van der Waals surface area contributed by atoms with Crippen molar-refractivity contribution >= 4 is 43.6 Å². The van der Waals surface area contributed by atoms with E-state index in [-0.39, 0.29) is 0 Å².